The smallest absolute Gasteiger partial charge is 0.182 e. The zero-order chi connectivity index (χ0) is 16.1. The van der Waals surface area contributed by atoms with Gasteiger partial charge in [0.05, 0.1) is 6.04 Å². The molecule has 1 aliphatic rings. The first kappa shape index (κ1) is 15.3. The van der Waals surface area contributed by atoms with Gasteiger partial charge in [-0.15, -0.1) is 0 Å². The zero-order valence-electron chi connectivity index (χ0n) is 13.4. The van der Waals surface area contributed by atoms with Gasteiger partial charge in [-0.2, -0.15) is 5.26 Å². The Kier molecular flexibility index (Phi) is 4.73. The largest absolute Gasteiger partial charge is 0.280 e. The second-order valence-electron chi connectivity index (χ2n) is 6.02. The zero-order valence-corrected chi connectivity index (χ0v) is 13.4. The summed E-state index contributed by atoms with van der Waals surface area (Å²) in [6, 6.07) is 16.9. The molecule has 0 saturated heterocycles. The molecule has 0 fully saturated rings. The number of benzene rings is 2. The molecule has 2 aromatic rings. The molecule has 0 aromatic heterocycles. The van der Waals surface area contributed by atoms with Crippen molar-refractivity contribution in [3.63, 3.8) is 0 Å². The van der Waals surface area contributed by atoms with Gasteiger partial charge in [-0.25, -0.2) is 0 Å². The molecule has 3 heteroatoms. The molecule has 3 nitrogen and oxygen atoms in total. The van der Waals surface area contributed by atoms with Crippen molar-refractivity contribution in [3.8, 4) is 6.19 Å². The van der Waals surface area contributed by atoms with Crippen LogP contribution in [0.3, 0.4) is 0 Å². The minimum Gasteiger partial charge on any atom is -0.280 e. The fraction of sp³-hybridized carbons (Fsp3) is 0.300. The van der Waals surface area contributed by atoms with E-state index in [1.807, 2.05) is 18.3 Å². The summed E-state index contributed by atoms with van der Waals surface area (Å²) in [5.74, 6) is 0.753. The molecule has 0 amide bonds. The molecule has 0 saturated carbocycles. The maximum Gasteiger partial charge on any atom is 0.182 e. The Bertz CT molecular complexity index is 755. The van der Waals surface area contributed by atoms with Gasteiger partial charge >= 0.3 is 0 Å². The maximum absolute atomic E-state index is 9.07. The van der Waals surface area contributed by atoms with Gasteiger partial charge in [-0.3, -0.25) is 10.3 Å². The molecule has 1 unspecified atom stereocenters. The lowest BCUT2D eigenvalue weighted by atomic mass is 9.88. The standard InChI is InChI=1S/C20H21N3/c1-15-7-2-3-9-17(15)13-20(22-14-21)23-19-12-6-10-16-8-4-5-11-18(16)19/h2-5,7-9,11,19H,6,10,12-13H2,1H3,(H,22,23). The molecular formula is C20H21N3. The lowest BCUT2D eigenvalue weighted by Crippen LogP contribution is -2.23. The number of aliphatic imine (C=N–C) groups is 1. The van der Waals surface area contributed by atoms with E-state index in [-0.39, 0.29) is 6.04 Å². The third kappa shape index (κ3) is 3.60. The van der Waals surface area contributed by atoms with E-state index in [1.165, 1.54) is 22.3 Å². The first-order valence-electron chi connectivity index (χ1n) is 8.12. The van der Waals surface area contributed by atoms with Crippen LogP contribution in [0.1, 0.15) is 41.1 Å². The van der Waals surface area contributed by atoms with E-state index in [9.17, 15) is 0 Å². The van der Waals surface area contributed by atoms with Gasteiger partial charge in [0.1, 0.15) is 5.84 Å². The third-order valence-electron chi connectivity index (χ3n) is 4.47. The fourth-order valence-corrected chi connectivity index (χ4v) is 3.23. The Hall–Kier alpha value is -2.60. The minimum absolute atomic E-state index is 0.153. The lowest BCUT2D eigenvalue weighted by Gasteiger charge is -2.23. The number of fused-ring (bicyclic) bond motifs is 1. The molecule has 2 aromatic carbocycles. The van der Waals surface area contributed by atoms with Gasteiger partial charge in [0, 0.05) is 6.42 Å². The number of nitrogens with zero attached hydrogens (tertiary/aromatic N) is 2. The summed E-state index contributed by atoms with van der Waals surface area (Å²) in [5.41, 5.74) is 5.13. The molecular weight excluding hydrogens is 282 g/mol. The van der Waals surface area contributed by atoms with Crippen molar-refractivity contribution in [2.75, 3.05) is 0 Å². The monoisotopic (exact) mass is 303 g/mol. The predicted octanol–water partition coefficient (Wildman–Crippen LogP) is 4.08. The lowest BCUT2D eigenvalue weighted by molar-refractivity contribution is 0.570. The Morgan fingerprint density at radius 1 is 1.22 bits per heavy atom. The molecule has 0 aliphatic heterocycles. The van der Waals surface area contributed by atoms with Crippen molar-refractivity contribution in [1.29, 1.82) is 5.26 Å². The number of rotatable bonds is 3. The average molecular weight is 303 g/mol. The topological polar surface area (TPSA) is 48.2 Å². The van der Waals surface area contributed by atoms with E-state index in [0.717, 1.165) is 25.1 Å². The quantitative estimate of drug-likeness (QED) is 0.402. The van der Waals surface area contributed by atoms with Gasteiger partial charge in [-0.05, 0) is 48.4 Å². The van der Waals surface area contributed by atoms with Crippen molar-refractivity contribution >= 4 is 5.84 Å². The molecule has 116 valence electrons. The van der Waals surface area contributed by atoms with Crippen LogP contribution in [0.25, 0.3) is 0 Å². The van der Waals surface area contributed by atoms with Crippen LogP contribution in [0, 0.1) is 18.4 Å². The predicted molar refractivity (Wildman–Crippen MR) is 93.2 cm³/mol. The van der Waals surface area contributed by atoms with Crippen molar-refractivity contribution < 1.29 is 0 Å². The molecule has 1 aliphatic carbocycles. The fourth-order valence-electron chi connectivity index (χ4n) is 3.23. The van der Waals surface area contributed by atoms with E-state index in [4.69, 9.17) is 10.3 Å². The number of nitriles is 1. The maximum atomic E-state index is 9.07. The first-order valence-corrected chi connectivity index (χ1v) is 8.12. The van der Waals surface area contributed by atoms with Crippen LogP contribution in [0.15, 0.2) is 53.5 Å². The Morgan fingerprint density at radius 3 is 2.83 bits per heavy atom. The van der Waals surface area contributed by atoms with Gasteiger partial charge in [-0.1, -0.05) is 48.5 Å². The van der Waals surface area contributed by atoms with Crippen LogP contribution in [-0.4, -0.2) is 5.84 Å². The van der Waals surface area contributed by atoms with E-state index in [2.05, 4.69) is 48.6 Å². The molecule has 0 heterocycles. The summed E-state index contributed by atoms with van der Waals surface area (Å²) in [6.07, 6.45) is 6.02. The van der Waals surface area contributed by atoms with E-state index in [1.54, 1.807) is 0 Å². The van der Waals surface area contributed by atoms with Crippen LogP contribution in [0.2, 0.25) is 0 Å². The van der Waals surface area contributed by atoms with E-state index in [0.29, 0.717) is 6.42 Å². The molecule has 1 atom stereocenters. The third-order valence-corrected chi connectivity index (χ3v) is 4.47. The molecule has 3 rings (SSSR count). The second kappa shape index (κ2) is 7.11. The van der Waals surface area contributed by atoms with Crippen molar-refractivity contribution in [1.82, 2.24) is 5.32 Å². The highest BCUT2D eigenvalue weighted by Gasteiger charge is 2.19. The molecule has 0 radical (unpaired) electrons. The first-order chi connectivity index (χ1) is 11.3. The van der Waals surface area contributed by atoms with Gasteiger partial charge in [0.2, 0.25) is 0 Å². The van der Waals surface area contributed by atoms with Crippen molar-refractivity contribution in [2.24, 2.45) is 4.99 Å². The second-order valence-corrected chi connectivity index (χ2v) is 6.02. The molecule has 0 bridgehead atoms. The van der Waals surface area contributed by atoms with Gasteiger partial charge in [0.25, 0.3) is 0 Å². The normalized spacial score (nSPS) is 17.2. The summed E-state index contributed by atoms with van der Waals surface area (Å²) >= 11 is 0. The number of aryl methyl sites for hydroxylation is 2. The number of hydrogen-bond acceptors (Lipinski definition) is 2. The van der Waals surface area contributed by atoms with Crippen molar-refractivity contribution in [3.05, 3.63) is 70.8 Å². The summed E-state index contributed by atoms with van der Waals surface area (Å²) in [6.45, 7) is 2.09. The van der Waals surface area contributed by atoms with Crippen LogP contribution in [0.5, 0.6) is 0 Å². The van der Waals surface area contributed by atoms with E-state index < -0.39 is 0 Å². The van der Waals surface area contributed by atoms with E-state index >= 15 is 0 Å². The summed E-state index contributed by atoms with van der Waals surface area (Å²) in [5, 5.41) is 11.9. The Balaban J connectivity index is 1.89. The molecule has 0 spiro atoms. The minimum atomic E-state index is 0.153. The van der Waals surface area contributed by atoms with Crippen LogP contribution < -0.4 is 5.32 Å². The van der Waals surface area contributed by atoms with Crippen LogP contribution in [0.4, 0.5) is 0 Å². The summed E-state index contributed by atoms with van der Waals surface area (Å²) in [4.78, 5) is 4.89. The highest BCUT2D eigenvalue weighted by atomic mass is 15.0. The van der Waals surface area contributed by atoms with Gasteiger partial charge < -0.3 is 0 Å². The Morgan fingerprint density at radius 2 is 2.00 bits per heavy atom. The highest BCUT2D eigenvalue weighted by molar-refractivity contribution is 5.86. The Labute approximate surface area is 137 Å². The van der Waals surface area contributed by atoms with Crippen molar-refractivity contribution in [2.45, 2.75) is 38.6 Å². The van der Waals surface area contributed by atoms with Gasteiger partial charge in [0.15, 0.2) is 6.19 Å². The average Bonchev–Trinajstić information content (AvgIpc) is 2.57. The summed E-state index contributed by atoms with van der Waals surface area (Å²) < 4.78 is 0. The highest BCUT2D eigenvalue weighted by Crippen LogP contribution is 2.32. The number of hydrogen-bond donors (Lipinski definition) is 1. The van der Waals surface area contributed by atoms with Crippen LogP contribution in [-0.2, 0) is 12.8 Å². The molecule has 1 N–H and O–H groups in total. The SMILES string of the molecule is Cc1ccccc1CC(=NC1CCCc2ccccc21)NC#N. The molecule has 23 heavy (non-hydrogen) atoms. The van der Waals surface area contributed by atoms with Crippen LogP contribution >= 0.6 is 0 Å². The number of amidine groups is 1. The summed E-state index contributed by atoms with van der Waals surface area (Å²) in [7, 11) is 0. The number of nitrogens with one attached hydrogen (secondary N) is 1.